The number of pyridine rings is 1. The molecular formula is C30H19BrN2. The smallest absolute Gasteiger partial charge is 0.0770 e. The molecule has 2 heterocycles. The Labute approximate surface area is 201 Å². The lowest BCUT2D eigenvalue weighted by Crippen LogP contribution is -2.36. The Hall–Kier alpha value is -3.69. The molecule has 0 N–H and O–H groups in total. The average Bonchev–Trinajstić information content (AvgIpc) is 3.15. The van der Waals surface area contributed by atoms with Crippen molar-refractivity contribution in [3.8, 4) is 11.3 Å². The summed E-state index contributed by atoms with van der Waals surface area (Å²) in [4.78, 5) is 7.26. The van der Waals surface area contributed by atoms with Gasteiger partial charge in [0.2, 0.25) is 0 Å². The topological polar surface area (TPSA) is 16.1 Å². The number of hydrogen-bond acceptors (Lipinski definition) is 2. The van der Waals surface area contributed by atoms with Gasteiger partial charge in [-0.1, -0.05) is 82.7 Å². The van der Waals surface area contributed by atoms with Crippen LogP contribution in [0.15, 0.2) is 120 Å². The molecule has 0 atom stereocenters. The maximum atomic E-state index is 4.87. The van der Waals surface area contributed by atoms with E-state index in [4.69, 9.17) is 4.98 Å². The van der Waals surface area contributed by atoms with Crippen LogP contribution in [-0.4, -0.2) is 4.98 Å². The Morgan fingerprint density at radius 1 is 0.606 bits per heavy atom. The van der Waals surface area contributed by atoms with Gasteiger partial charge in [-0.15, -0.1) is 0 Å². The van der Waals surface area contributed by atoms with E-state index in [1.54, 1.807) is 0 Å². The largest absolute Gasteiger partial charge is 0.310 e. The lowest BCUT2D eigenvalue weighted by molar-refractivity contribution is 0.750. The van der Waals surface area contributed by atoms with Gasteiger partial charge >= 0.3 is 0 Å². The van der Waals surface area contributed by atoms with Crippen molar-refractivity contribution >= 4 is 33.0 Å². The summed E-state index contributed by atoms with van der Waals surface area (Å²) < 4.78 is 1.08. The first kappa shape index (κ1) is 18.8. The van der Waals surface area contributed by atoms with E-state index in [1.807, 2.05) is 6.20 Å². The first-order valence-electron chi connectivity index (χ1n) is 11.1. The number of nitrogens with zero attached hydrogens (tertiary/aromatic N) is 2. The van der Waals surface area contributed by atoms with Crippen molar-refractivity contribution in [2.24, 2.45) is 0 Å². The number of benzene rings is 4. The van der Waals surface area contributed by atoms with Gasteiger partial charge in [0.05, 0.1) is 22.5 Å². The van der Waals surface area contributed by atoms with Crippen LogP contribution in [0.3, 0.4) is 0 Å². The van der Waals surface area contributed by atoms with Crippen molar-refractivity contribution in [1.29, 1.82) is 0 Å². The summed E-state index contributed by atoms with van der Waals surface area (Å²) in [5.74, 6) is 0. The molecule has 5 aromatic rings. The molecule has 156 valence electrons. The molecule has 1 aliphatic carbocycles. The van der Waals surface area contributed by atoms with E-state index in [2.05, 4.69) is 130 Å². The first-order chi connectivity index (χ1) is 16.3. The molecular weight excluding hydrogens is 468 g/mol. The maximum Gasteiger partial charge on any atom is 0.0770 e. The number of hydrogen-bond donors (Lipinski definition) is 0. The van der Waals surface area contributed by atoms with Crippen molar-refractivity contribution in [2.45, 2.75) is 5.41 Å². The van der Waals surface area contributed by atoms with Crippen LogP contribution < -0.4 is 4.90 Å². The average molecular weight is 487 g/mol. The Bertz CT molecular complexity index is 1490. The van der Waals surface area contributed by atoms with Gasteiger partial charge in [-0.2, -0.15) is 0 Å². The van der Waals surface area contributed by atoms with Gasteiger partial charge in [-0.25, -0.2) is 0 Å². The van der Waals surface area contributed by atoms with E-state index in [9.17, 15) is 0 Å². The van der Waals surface area contributed by atoms with E-state index < -0.39 is 5.41 Å². The number of rotatable bonds is 1. The van der Waals surface area contributed by atoms with Crippen LogP contribution in [0.1, 0.15) is 22.3 Å². The second kappa shape index (κ2) is 6.90. The third kappa shape index (κ3) is 2.40. The Kier molecular flexibility index (Phi) is 3.94. The molecule has 0 saturated carbocycles. The molecule has 1 spiro atoms. The van der Waals surface area contributed by atoms with Gasteiger partial charge in [0.15, 0.2) is 0 Å². The van der Waals surface area contributed by atoms with Crippen molar-refractivity contribution < 1.29 is 0 Å². The molecule has 0 bridgehead atoms. The van der Waals surface area contributed by atoms with E-state index >= 15 is 0 Å². The maximum absolute atomic E-state index is 4.87. The summed E-state index contributed by atoms with van der Waals surface area (Å²) in [7, 11) is 0. The van der Waals surface area contributed by atoms with Crippen LogP contribution in [0.5, 0.6) is 0 Å². The third-order valence-corrected chi connectivity index (χ3v) is 7.46. The molecule has 1 aromatic heterocycles. The molecule has 4 aromatic carbocycles. The summed E-state index contributed by atoms with van der Waals surface area (Å²) in [6, 6.07) is 39.2. The van der Waals surface area contributed by atoms with E-state index in [1.165, 1.54) is 39.2 Å². The Balaban J connectivity index is 1.68. The SMILES string of the molecule is Brc1ccc2c(c1)C1(c3ccccc3N(c3ccccc3)c3ccccc31)c1cccnc1-2. The van der Waals surface area contributed by atoms with Gasteiger partial charge in [-0.3, -0.25) is 4.98 Å². The number of halogens is 1. The second-order valence-corrected chi connectivity index (χ2v) is 9.46. The second-order valence-electron chi connectivity index (χ2n) is 8.54. The zero-order chi connectivity index (χ0) is 22.0. The molecule has 2 aliphatic rings. The van der Waals surface area contributed by atoms with Gasteiger partial charge in [0, 0.05) is 21.9 Å². The van der Waals surface area contributed by atoms with Crippen molar-refractivity contribution in [3.05, 3.63) is 142 Å². The molecule has 7 rings (SSSR count). The minimum atomic E-state index is -0.429. The molecule has 0 amide bonds. The fourth-order valence-corrected chi connectivity index (χ4v) is 6.14. The lowest BCUT2D eigenvalue weighted by atomic mass is 9.65. The highest BCUT2D eigenvalue weighted by molar-refractivity contribution is 9.10. The number of fused-ring (bicyclic) bond motifs is 9. The first-order valence-corrected chi connectivity index (χ1v) is 11.9. The minimum absolute atomic E-state index is 0.429. The van der Waals surface area contributed by atoms with Crippen LogP contribution in [-0.2, 0) is 5.41 Å². The Morgan fingerprint density at radius 3 is 1.97 bits per heavy atom. The van der Waals surface area contributed by atoms with Gasteiger partial charge in [0.1, 0.15) is 0 Å². The van der Waals surface area contributed by atoms with E-state index in [0.717, 1.165) is 15.9 Å². The summed E-state index contributed by atoms with van der Waals surface area (Å²) in [5.41, 5.74) is 10.5. The van der Waals surface area contributed by atoms with Gasteiger partial charge in [0.25, 0.3) is 0 Å². The molecule has 33 heavy (non-hydrogen) atoms. The molecule has 0 unspecified atom stereocenters. The number of aromatic nitrogens is 1. The molecule has 0 radical (unpaired) electrons. The normalized spacial score (nSPS) is 14.4. The monoisotopic (exact) mass is 486 g/mol. The van der Waals surface area contributed by atoms with Gasteiger partial charge < -0.3 is 4.90 Å². The zero-order valence-corrected chi connectivity index (χ0v) is 19.3. The summed E-state index contributed by atoms with van der Waals surface area (Å²) in [5, 5.41) is 0. The van der Waals surface area contributed by atoms with Crippen LogP contribution in [0.2, 0.25) is 0 Å². The number of anilines is 3. The molecule has 0 saturated heterocycles. The highest BCUT2D eigenvalue weighted by Crippen LogP contribution is 2.63. The highest BCUT2D eigenvalue weighted by Gasteiger charge is 2.52. The zero-order valence-electron chi connectivity index (χ0n) is 17.7. The molecule has 1 aliphatic heterocycles. The van der Waals surface area contributed by atoms with Crippen molar-refractivity contribution in [2.75, 3.05) is 4.90 Å². The standard InChI is InChI=1S/C30H19BrN2/c31-20-16-17-22-26(19-20)30(25-13-8-18-32-29(22)25)23-11-4-6-14-27(23)33(21-9-2-1-3-10-21)28-15-7-5-12-24(28)30/h1-19H. The molecule has 2 nitrogen and oxygen atoms in total. The van der Waals surface area contributed by atoms with Gasteiger partial charge in [-0.05, 0) is 64.7 Å². The minimum Gasteiger partial charge on any atom is -0.310 e. The predicted octanol–water partition coefficient (Wildman–Crippen LogP) is 7.99. The molecule has 3 heteroatoms. The fraction of sp³-hybridized carbons (Fsp3) is 0.0333. The summed E-state index contributed by atoms with van der Waals surface area (Å²) in [6.07, 6.45) is 1.90. The van der Waals surface area contributed by atoms with E-state index in [0.29, 0.717) is 0 Å². The summed E-state index contributed by atoms with van der Waals surface area (Å²) >= 11 is 3.76. The van der Waals surface area contributed by atoms with Crippen molar-refractivity contribution in [1.82, 2.24) is 4.98 Å². The van der Waals surface area contributed by atoms with Crippen LogP contribution >= 0.6 is 15.9 Å². The van der Waals surface area contributed by atoms with Crippen LogP contribution in [0, 0.1) is 0 Å². The van der Waals surface area contributed by atoms with E-state index in [-0.39, 0.29) is 0 Å². The Morgan fingerprint density at radius 2 is 1.24 bits per heavy atom. The third-order valence-electron chi connectivity index (χ3n) is 6.96. The quantitative estimate of drug-likeness (QED) is 0.233. The number of para-hydroxylation sites is 3. The highest BCUT2D eigenvalue weighted by atomic mass is 79.9. The van der Waals surface area contributed by atoms with Crippen LogP contribution in [0.25, 0.3) is 11.3 Å². The summed E-state index contributed by atoms with van der Waals surface area (Å²) in [6.45, 7) is 0. The predicted molar refractivity (Wildman–Crippen MR) is 137 cm³/mol. The lowest BCUT2D eigenvalue weighted by Gasteiger charge is -2.44. The molecule has 0 fully saturated rings. The van der Waals surface area contributed by atoms with Crippen molar-refractivity contribution in [3.63, 3.8) is 0 Å². The van der Waals surface area contributed by atoms with Crippen LogP contribution in [0.4, 0.5) is 17.1 Å². The fourth-order valence-electron chi connectivity index (χ4n) is 5.78.